The summed E-state index contributed by atoms with van der Waals surface area (Å²) in [6.45, 7) is 14.5. The molecular weight excluding hydrogens is 228 g/mol. The lowest BCUT2D eigenvalue weighted by molar-refractivity contribution is 0.625. The van der Waals surface area contributed by atoms with Crippen LogP contribution < -0.4 is 0 Å². The molecule has 0 fully saturated rings. The molecule has 0 spiro atoms. The second kappa shape index (κ2) is 12.3. The van der Waals surface area contributed by atoms with E-state index in [1.54, 1.807) is 5.57 Å². The van der Waals surface area contributed by atoms with E-state index >= 15 is 0 Å². The van der Waals surface area contributed by atoms with Gasteiger partial charge in [0.05, 0.1) is 0 Å². The summed E-state index contributed by atoms with van der Waals surface area (Å²) < 4.78 is 0. The summed E-state index contributed by atoms with van der Waals surface area (Å²) in [7, 11) is 0. The Hall–Kier alpha value is -0.780. The van der Waals surface area contributed by atoms with Crippen molar-refractivity contribution in [2.24, 2.45) is 5.92 Å². The van der Waals surface area contributed by atoms with Crippen LogP contribution >= 0.6 is 0 Å². The van der Waals surface area contributed by atoms with Gasteiger partial charge in [-0.05, 0) is 57.8 Å². The molecule has 0 saturated heterocycles. The largest absolute Gasteiger partial charge is 0.103 e. The van der Waals surface area contributed by atoms with Gasteiger partial charge >= 0.3 is 0 Å². The molecule has 0 nitrogen and oxygen atoms in total. The molecule has 0 heterocycles. The van der Waals surface area contributed by atoms with E-state index in [4.69, 9.17) is 0 Å². The van der Waals surface area contributed by atoms with Crippen molar-refractivity contribution < 1.29 is 0 Å². The molecule has 0 unspecified atom stereocenters. The van der Waals surface area contributed by atoms with Crippen molar-refractivity contribution in [2.75, 3.05) is 0 Å². The first-order valence-corrected chi connectivity index (χ1v) is 7.99. The normalized spacial score (nSPS) is 11.9. The van der Waals surface area contributed by atoms with Crippen LogP contribution in [0.4, 0.5) is 0 Å². The van der Waals surface area contributed by atoms with Crippen molar-refractivity contribution >= 4 is 0 Å². The van der Waals surface area contributed by atoms with Gasteiger partial charge in [0.15, 0.2) is 0 Å². The Labute approximate surface area is 121 Å². The van der Waals surface area contributed by atoms with Crippen LogP contribution in [-0.2, 0) is 0 Å². The quantitative estimate of drug-likeness (QED) is 0.267. The van der Waals surface area contributed by atoms with E-state index in [0.29, 0.717) is 0 Å². The molecule has 0 bridgehead atoms. The van der Waals surface area contributed by atoms with Crippen LogP contribution in [0, 0.1) is 5.92 Å². The Morgan fingerprint density at radius 2 is 1.68 bits per heavy atom. The molecule has 0 aromatic heterocycles. The van der Waals surface area contributed by atoms with Gasteiger partial charge in [0.25, 0.3) is 0 Å². The molecule has 0 N–H and O–H groups in total. The monoisotopic (exact) mass is 262 g/mol. The molecule has 0 aromatic rings. The minimum absolute atomic E-state index is 0.771. The lowest BCUT2D eigenvalue weighted by atomic mass is 9.97. The number of hydrogen-bond acceptors (Lipinski definition) is 0. The van der Waals surface area contributed by atoms with E-state index in [0.717, 1.165) is 12.3 Å². The Balaban J connectivity index is 3.93. The van der Waals surface area contributed by atoms with Gasteiger partial charge < -0.3 is 0 Å². The van der Waals surface area contributed by atoms with E-state index in [9.17, 15) is 0 Å². The van der Waals surface area contributed by atoms with Gasteiger partial charge in [-0.3, -0.25) is 0 Å². The molecule has 110 valence electrons. The molecule has 0 radical (unpaired) electrons. The lowest BCUT2D eigenvalue weighted by Gasteiger charge is -2.09. The zero-order valence-corrected chi connectivity index (χ0v) is 13.5. The maximum absolute atomic E-state index is 4.02. The fourth-order valence-electron chi connectivity index (χ4n) is 2.10. The van der Waals surface area contributed by atoms with Gasteiger partial charge in [-0.2, -0.15) is 0 Å². The first kappa shape index (κ1) is 18.2. The van der Waals surface area contributed by atoms with Gasteiger partial charge in [-0.1, -0.05) is 50.0 Å². The van der Waals surface area contributed by atoms with Gasteiger partial charge in [-0.15, -0.1) is 13.2 Å². The van der Waals surface area contributed by atoms with Crippen molar-refractivity contribution in [3.63, 3.8) is 0 Å². The van der Waals surface area contributed by atoms with Crippen LogP contribution in [0.3, 0.4) is 0 Å². The van der Waals surface area contributed by atoms with Crippen LogP contribution in [0.25, 0.3) is 0 Å². The summed E-state index contributed by atoms with van der Waals surface area (Å²) in [5.41, 5.74) is 2.96. The minimum Gasteiger partial charge on any atom is -0.103 e. The molecule has 0 rings (SSSR count). The molecule has 0 saturated carbocycles. The van der Waals surface area contributed by atoms with Gasteiger partial charge in [0.2, 0.25) is 0 Å². The van der Waals surface area contributed by atoms with Crippen molar-refractivity contribution in [3.8, 4) is 0 Å². The second-order valence-electron chi connectivity index (χ2n) is 6.19. The summed E-state index contributed by atoms with van der Waals surface area (Å²) in [5, 5.41) is 0. The molecule has 0 aliphatic heterocycles. The zero-order chi connectivity index (χ0) is 14.5. The predicted octanol–water partition coefficient (Wildman–Crippen LogP) is 6.84. The van der Waals surface area contributed by atoms with Gasteiger partial charge in [0, 0.05) is 0 Å². The third-order valence-electron chi connectivity index (χ3n) is 3.41. The molecule has 0 aromatic carbocycles. The number of rotatable bonds is 12. The molecule has 19 heavy (non-hydrogen) atoms. The van der Waals surface area contributed by atoms with Crippen LogP contribution in [0.15, 0.2) is 36.5 Å². The molecule has 0 heteroatoms. The summed E-state index contributed by atoms with van der Waals surface area (Å²) >= 11 is 0. The third kappa shape index (κ3) is 13.5. The lowest BCUT2D eigenvalue weighted by Crippen LogP contribution is -1.90. The average Bonchev–Trinajstić information content (AvgIpc) is 2.35. The number of unbranched alkanes of at least 4 members (excludes halogenated alkanes) is 4. The van der Waals surface area contributed by atoms with Gasteiger partial charge in [0.1, 0.15) is 0 Å². The second-order valence-corrected chi connectivity index (χ2v) is 6.19. The topological polar surface area (TPSA) is 0 Å². The first-order chi connectivity index (χ1) is 9.06. The van der Waals surface area contributed by atoms with Crippen LogP contribution in [0.2, 0.25) is 0 Å². The Kier molecular flexibility index (Phi) is 11.8. The van der Waals surface area contributed by atoms with Crippen molar-refractivity contribution in [1.82, 2.24) is 0 Å². The molecule has 0 atom stereocenters. The molecule has 0 aliphatic carbocycles. The molecule has 0 aliphatic rings. The maximum Gasteiger partial charge on any atom is -0.0283 e. The number of hydrogen-bond donors (Lipinski definition) is 0. The van der Waals surface area contributed by atoms with E-state index < -0.39 is 0 Å². The molecule has 0 amide bonds. The summed E-state index contributed by atoms with van der Waals surface area (Å²) in [4.78, 5) is 0. The van der Waals surface area contributed by atoms with Crippen LogP contribution in [-0.4, -0.2) is 0 Å². The van der Waals surface area contributed by atoms with Crippen LogP contribution in [0.1, 0.15) is 78.6 Å². The Bertz CT molecular complexity index is 268. The highest BCUT2D eigenvalue weighted by atomic mass is 14.1. The summed E-state index contributed by atoms with van der Waals surface area (Å²) in [6, 6.07) is 0. The first-order valence-electron chi connectivity index (χ1n) is 7.99. The Morgan fingerprint density at radius 3 is 2.26 bits per heavy atom. The Morgan fingerprint density at radius 1 is 1.00 bits per heavy atom. The highest BCUT2D eigenvalue weighted by Crippen LogP contribution is 2.19. The maximum atomic E-state index is 4.02. The third-order valence-corrected chi connectivity index (χ3v) is 3.41. The number of allylic oxidation sites excluding steroid dienone is 4. The predicted molar refractivity (Wildman–Crippen MR) is 89.5 cm³/mol. The van der Waals surface area contributed by atoms with E-state index in [2.05, 4.69) is 40.0 Å². The molecular formula is C19H34. The fourth-order valence-corrected chi connectivity index (χ4v) is 2.10. The zero-order valence-electron chi connectivity index (χ0n) is 13.5. The summed E-state index contributed by atoms with van der Waals surface area (Å²) in [5.74, 6) is 0.771. The smallest absolute Gasteiger partial charge is 0.0283 e. The highest BCUT2D eigenvalue weighted by molar-refractivity contribution is 5.05. The average molecular weight is 262 g/mol. The fraction of sp³-hybridized carbons (Fsp3) is 0.684. The van der Waals surface area contributed by atoms with Crippen molar-refractivity contribution in [1.29, 1.82) is 0 Å². The van der Waals surface area contributed by atoms with Crippen molar-refractivity contribution in [2.45, 2.75) is 78.6 Å². The standard InChI is InChI=1S/C19H34/c1-6-7-8-9-10-11-12-19(15-13-17(2)3)16-14-18(4)5/h6,16,18H,1-2,7-15H2,3-5H3. The highest BCUT2D eigenvalue weighted by Gasteiger charge is 2.00. The minimum atomic E-state index is 0.771. The van der Waals surface area contributed by atoms with Crippen LogP contribution in [0.5, 0.6) is 0 Å². The van der Waals surface area contributed by atoms with E-state index in [1.807, 2.05) is 6.08 Å². The van der Waals surface area contributed by atoms with E-state index in [1.165, 1.54) is 56.9 Å². The SMILES string of the molecule is C=CCCCCCCC(=CCC(C)C)CCC(=C)C. The van der Waals surface area contributed by atoms with Crippen molar-refractivity contribution in [3.05, 3.63) is 36.5 Å². The van der Waals surface area contributed by atoms with Gasteiger partial charge in [-0.25, -0.2) is 0 Å². The summed E-state index contributed by atoms with van der Waals surface area (Å²) in [6.07, 6.45) is 15.9. The van der Waals surface area contributed by atoms with E-state index in [-0.39, 0.29) is 0 Å².